The molecule has 6 nitrogen and oxygen atoms in total. The minimum absolute atomic E-state index is 0.0490. The molecule has 3 unspecified atom stereocenters. The molecule has 0 spiro atoms. The van der Waals surface area contributed by atoms with E-state index in [2.05, 4.69) is 24.0 Å². The number of allylic oxidation sites excluding steroid dienone is 3. The van der Waals surface area contributed by atoms with Crippen LogP contribution in [0.4, 0.5) is 4.39 Å². The fourth-order valence-electron chi connectivity index (χ4n) is 4.80. The predicted octanol–water partition coefficient (Wildman–Crippen LogP) is 5.28. The zero-order chi connectivity index (χ0) is 25.5. The van der Waals surface area contributed by atoms with Crippen molar-refractivity contribution >= 4 is 12.6 Å². The molecular formula is C28H33FN2O4. The SMILES string of the molecule is C=N/C(=C\C=C/C)CNC(=O)CC1c2cc(F)ccc2C(Cc2cc(OC)c(O)c(OC)c2)C1C. The van der Waals surface area contributed by atoms with Crippen LogP contribution < -0.4 is 14.8 Å². The molecule has 35 heavy (non-hydrogen) atoms. The smallest absolute Gasteiger partial charge is 0.220 e. The van der Waals surface area contributed by atoms with Gasteiger partial charge in [-0.25, -0.2) is 4.39 Å². The van der Waals surface area contributed by atoms with Crippen molar-refractivity contribution in [3.63, 3.8) is 0 Å². The van der Waals surface area contributed by atoms with Crippen molar-refractivity contribution in [2.45, 2.75) is 38.5 Å². The molecule has 0 saturated heterocycles. The number of rotatable bonds is 10. The lowest BCUT2D eigenvalue weighted by atomic mass is 9.83. The summed E-state index contributed by atoms with van der Waals surface area (Å²) in [5, 5.41) is 13.2. The number of fused-ring (bicyclic) bond motifs is 1. The normalized spacial score (nSPS) is 19.5. The van der Waals surface area contributed by atoms with Crippen LogP contribution in [-0.4, -0.2) is 38.5 Å². The maximum atomic E-state index is 14.2. The minimum atomic E-state index is -0.317. The van der Waals surface area contributed by atoms with Crippen LogP contribution in [0, 0.1) is 11.7 Å². The predicted molar refractivity (Wildman–Crippen MR) is 136 cm³/mol. The average Bonchev–Trinajstić information content (AvgIpc) is 3.10. The Morgan fingerprint density at radius 2 is 1.86 bits per heavy atom. The lowest BCUT2D eigenvalue weighted by molar-refractivity contribution is -0.121. The van der Waals surface area contributed by atoms with E-state index in [4.69, 9.17) is 9.47 Å². The van der Waals surface area contributed by atoms with Gasteiger partial charge in [-0.3, -0.25) is 9.79 Å². The summed E-state index contributed by atoms with van der Waals surface area (Å²) in [6.45, 7) is 7.82. The van der Waals surface area contributed by atoms with Crippen LogP contribution in [0.3, 0.4) is 0 Å². The van der Waals surface area contributed by atoms with Gasteiger partial charge in [0.1, 0.15) is 5.82 Å². The zero-order valence-corrected chi connectivity index (χ0v) is 20.7. The molecule has 7 heteroatoms. The third-order valence-electron chi connectivity index (χ3n) is 6.67. The van der Waals surface area contributed by atoms with Crippen molar-refractivity contribution in [2.75, 3.05) is 20.8 Å². The molecule has 0 heterocycles. The van der Waals surface area contributed by atoms with Crippen LogP contribution in [0.15, 0.2) is 59.2 Å². The zero-order valence-electron chi connectivity index (χ0n) is 20.7. The second-order valence-corrected chi connectivity index (χ2v) is 8.72. The molecule has 0 fully saturated rings. The summed E-state index contributed by atoms with van der Waals surface area (Å²) in [5.74, 6) is 0.179. The first-order valence-electron chi connectivity index (χ1n) is 11.6. The van der Waals surface area contributed by atoms with Gasteiger partial charge in [0, 0.05) is 6.42 Å². The van der Waals surface area contributed by atoms with E-state index >= 15 is 0 Å². The van der Waals surface area contributed by atoms with Gasteiger partial charge in [0.05, 0.1) is 26.5 Å². The van der Waals surface area contributed by atoms with E-state index < -0.39 is 0 Å². The Morgan fingerprint density at radius 3 is 2.46 bits per heavy atom. The van der Waals surface area contributed by atoms with E-state index in [1.54, 1.807) is 24.3 Å². The molecule has 3 rings (SSSR count). The number of aliphatic imine (C=N–C) groups is 1. The van der Waals surface area contributed by atoms with E-state index in [1.165, 1.54) is 20.3 Å². The maximum absolute atomic E-state index is 14.2. The van der Waals surface area contributed by atoms with E-state index in [1.807, 2.05) is 25.1 Å². The van der Waals surface area contributed by atoms with Crippen molar-refractivity contribution in [3.8, 4) is 17.2 Å². The molecule has 0 radical (unpaired) electrons. The Kier molecular flexibility index (Phi) is 8.68. The molecule has 2 aromatic rings. The lowest BCUT2D eigenvalue weighted by Crippen LogP contribution is -2.27. The third-order valence-corrected chi connectivity index (χ3v) is 6.67. The first-order valence-corrected chi connectivity index (χ1v) is 11.6. The number of hydrogen-bond acceptors (Lipinski definition) is 5. The topological polar surface area (TPSA) is 80.2 Å². The van der Waals surface area contributed by atoms with Crippen molar-refractivity contribution in [3.05, 3.63) is 76.8 Å². The van der Waals surface area contributed by atoms with Gasteiger partial charge >= 0.3 is 0 Å². The first kappa shape index (κ1) is 26.0. The van der Waals surface area contributed by atoms with Gasteiger partial charge in [0.2, 0.25) is 11.7 Å². The summed E-state index contributed by atoms with van der Waals surface area (Å²) in [4.78, 5) is 16.8. The molecule has 2 N–H and O–H groups in total. The minimum Gasteiger partial charge on any atom is -0.502 e. The average molecular weight is 481 g/mol. The molecule has 0 aliphatic heterocycles. The third kappa shape index (κ3) is 5.91. The fourth-order valence-corrected chi connectivity index (χ4v) is 4.80. The number of halogens is 1. The molecule has 2 aromatic carbocycles. The number of phenolic OH excluding ortho intramolecular Hbond substituents is 1. The lowest BCUT2D eigenvalue weighted by Gasteiger charge is -2.22. The number of ether oxygens (including phenoxy) is 2. The summed E-state index contributed by atoms with van der Waals surface area (Å²) >= 11 is 0. The number of nitrogens with zero attached hydrogens (tertiary/aromatic N) is 1. The quantitative estimate of drug-likeness (QED) is 0.358. The number of hydrogen-bond donors (Lipinski definition) is 2. The molecule has 1 aliphatic carbocycles. The highest BCUT2D eigenvalue weighted by Crippen LogP contribution is 2.50. The maximum Gasteiger partial charge on any atom is 0.220 e. The Labute approximate surface area is 206 Å². The van der Waals surface area contributed by atoms with Crippen molar-refractivity contribution in [2.24, 2.45) is 10.9 Å². The van der Waals surface area contributed by atoms with E-state index in [-0.39, 0.29) is 48.2 Å². The summed E-state index contributed by atoms with van der Waals surface area (Å²) in [7, 11) is 2.98. The molecular weight excluding hydrogens is 447 g/mol. The molecule has 0 bridgehead atoms. The Balaban J connectivity index is 1.83. The number of carbonyl (C=O) groups excluding carboxylic acids is 1. The van der Waals surface area contributed by atoms with Gasteiger partial charge < -0.3 is 19.9 Å². The van der Waals surface area contributed by atoms with Crippen molar-refractivity contribution in [1.29, 1.82) is 0 Å². The largest absolute Gasteiger partial charge is 0.502 e. The van der Waals surface area contributed by atoms with Crippen LogP contribution >= 0.6 is 0 Å². The molecule has 1 aliphatic rings. The van der Waals surface area contributed by atoms with Crippen molar-refractivity contribution in [1.82, 2.24) is 5.32 Å². The van der Waals surface area contributed by atoms with Crippen LogP contribution in [0.5, 0.6) is 17.2 Å². The molecule has 186 valence electrons. The number of amides is 1. The van der Waals surface area contributed by atoms with Gasteiger partial charge in [-0.2, -0.15) is 0 Å². The number of nitrogens with one attached hydrogen (secondary N) is 1. The summed E-state index contributed by atoms with van der Waals surface area (Å²) in [6, 6.07) is 8.40. The van der Waals surface area contributed by atoms with E-state index in [0.29, 0.717) is 23.6 Å². The van der Waals surface area contributed by atoms with E-state index in [0.717, 1.165) is 16.7 Å². The van der Waals surface area contributed by atoms with Gasteiger partial charge in [0.25, 0.3) is 0 Å². The highest BCUT2D eigenvalue weighted by molar-refractivity contribution is 5.77. The second-order valence-electron chi connectivity index (χ2n) is 8.72. The second kappa shape index (κ2) is 11.7. The Morgan fingerprint density at radius 1 is 1.17 bits per heavy atom. The molecule has 1 amide bonds. The number of aromatic hydroxyl groups is 1. The summed E-state index contributed by atoms with van der Waals surface area (Å²) < 4.78 is 24.8. The number of methoxy groups -OCH3 is 2. The Bertz CT molecular complexity index is 1120. The molecule has 0 aromatic heterocycles. The van der Waals surface area contributed by atoms with Gasteiger partial charge in [-0.15, -0.1) is 0 Å². The fraction of sp³-hybridized carbons (Fsp3) is 0.357. The van der Waals surface area contributed by atoms with Crippen LogP contribution in [0.25, 0.3) is 0 Å². The van der Waals surface area contributed by atoms with Gasteiger partial charge in [-0.05, 0) is 84.8 Å². The van der Waals surface area contributed by atoms with Crippen LogP contribution in [0.1, 0.15) is 48.8 Å². The summed E-state index contributed by atoms with van der Waals surface area (Å²) in [6.07, 6.45) is 6.38. The monoisotopic (exact) mass is 480 g/mol. The van der Waals surface area contributed by atoms with Crippen LogP contribution in [-0.2, 0) is 11.2 Å². The molecule has 3 atom stereocenters. The highest BCUT2D eigenvalue weighted by atomic mass is 19.1. The number of carbonyl (C=O) groups is 1. The van der Waals surface area contributed by atoms with E-state index in [9.17, 15) is 14.3 Å². The Hall–Kier alpha value is -3.61. The molecule has 0 saturated carbocycles. The standard InChI is InChI=1S/C28H33FN2O4/c1-6-7-8-20(30-3)16-31-27(32)15-23-17(2)22(21-10-9-19(29)14-24(21)23)11-18-12-25(34-4)28(33)26(13-18)35-5/h6-10,12-14,17,22-23,33H,3,11,15-16H2,1-2,4-5H3,(H,31,32)/b7-6-,20-8-. The number of benzene rings is 2. The number of phenols is 1. The van der Waals surface area contributed by atoms with Gasteiger partial charge in [0.15, 0.2) is 11.5 Å². The van der Waals surface area contributed by atoms with Gasteiger partial charge in [-0.1, -0.05) is 25.1 Å². The van der Waals surface area contributed by atoms with Crippen LogP contribution in [0.2, 0.25) is 0 Å². The van der Waals surface area contributed by atoms with Crippen molar-refractivity contribution < 1.29 is 23.8 Å². The first-order chi connectivity index (χ1) is 16.8. The summed E-state index contributed by atoms with van der Waals surface area (Å²) in [5.41, 5.74) is 3.48. The highest BCUT2D eigenvalue weighted by Gasteiger charge is 2.39.